The van der Waals surface area contributed by atoms with Crippen LogP contribution in [-0.4, -0.2) is 37.1 Å². The smallest absolute Gasteiger partial charge is 0.257 e. The molecule has 1 aromatic carbocycles. The van der Waals surface area contributed by atoms with Crippen LogP contribution in [0.3, 0.4) is 0 Å². The van der Waals surface area contributed by atoms with Gasteiger partial charge in [0, 0.05) is 31.1 Å². The molecule has 0 bridgehead atoms. The van der Waals surface area contributed by atoms with Gasteiger partial charge in [0.1, 0.15) is 5.82 Å². The molecule has 2 fully saturated rings. The van der Waals surface area contributed by atoms with Crippen molar-refractivity contribution in [3.05, 3.63) is 59.1 Å². The number of nitrogens with one attached hydrogen (secondary N) is 2. The third kappa shape index (κ3) is 4.50. The fourth-order valence-corrected chi connectivity index (χ4v) is 6.01. The molecule has 1 atom stereocenters. The van der Waals surface area contributed by atoms with Gasteiger partial charge in [-0.25, -0.2) is 4.98 Å². The van der Waals surface area contributed by atoms with E-state index in [2.05, 4.69) is 38.1 Å². The van der Waals surface area contributed by atoms with Crippen LogP contribution in [-0.2, 0) is 0 Å². The van der Waals surface area contributed by atoms with Crippen molar-refractivity contribution in [3.8, 4) is 0 Å². The van der Waals surface area contributed by atoms with Gasteiger partial charge in [0.2, 0.25) is 0 Å². The van der Waals surface area contributed by atoms with Gasteiger partial charge in [-0.3, -0.25) is 4.79 Å². The molecule has 2 aromatic rings. The topological polar surface area (TPSA) is 83.3 Å². The van der Waals surface area contributed by atoms with Crippen LogP contribution in [0.1, 0.15) is 53.3 Å². The number of hydrogen-bond donors (Lipinski definition) is 3. The summed E-state index contributed by atoms with van der Waals surface area (Å²) in [7, 11) is 0. The summed E-state index contributed by atoms with van der Waals surface area (Å²) >= 11 is 1.82. The van der Waals surface area contributed by atoms with Gasteiger partial charge in [0.05, 0.1) is 16.9 Å². The van der Waals surface area contributed by atoms with E-state index < -0.39 is 0 Å². The molecule has 0 aliphatic carbocycles. The minimum atomic E-state index is -0.182. The number of piperidine rings is 1. The van der Waals surface area contributed by atoms with Crippen molar-refractivity contribution in [2.75, 3.05) is 42.1 Å². The highest BCUT2D eigenvalue weighted by atomic mass is 32.2. The number of thioether (sulfide) groups is 1. The standard InChI is InChI=1S/C25H31N5OS/c26-20-6-4-18(22-3-1-2-14-32-22)15-21(20)29-24(31)19-5-7-23(28-16-19)30-12-9-25(10-13-30)8-11-27-17-25/h2,4-7,14-16,22,27H,1,3,8-13,17,26H2,(H,29,31). The highest BCUT2D eigenvalue weighted by molar-refractivity contribution is 8.02. The maximum atomic E-state index is 12.9. The first-order valence-corrected chi connectivity index (χ1v) is 12.5. The number of nitrogen functional groups attached to an aromatic ring is 1. The zero-order valence-corrected chi connectivity index (χ0v) is 19.2. The number of amides is 1. The molecule has 4 heterocycles. The Labute approximate surface area is 194 Å². The summed E-state index contributed by atoms with van der Waals surface area (Å²) in [5.41, 5.74) is 9.61. The molecule has 3 aliphatic heterocycles. The van der Waals surface area contributed by atoms with E-state index in [0.717, 1.165) is 44.8 Å². The van der Waals surface area contributed by atoms with Gasteiger partial charge in [-0.1, -0.05) is 12.1 Å². The quantitative estimate of drug-likeness (QED) is 0.593. The summed E-state index contributed by atoms with van der Waals surface area (Å²) < 4.78 is 0. The molecule has 1 aromatic heterocycles. The van der Waals surface area contributed by atoms with Crippen LogP contribution in [0.15, 0.2) is 48.0 Å². The van der Waals surface area contributed by atoms with Crippen LogP contribution in [0.25, 0.3) is 0 Å². The maximum absolute atomic E-state index is 12.9. The maximum Gasteiger partial charge on any atom is 0.257 e. The first kappa shape index (κ1) is 21.3. The van der Waals surface area contributed by atoms with Gasteiger partial charge in [-0.15, -0.1) is 11.8 Å². The van der Waals surface area contributed by atoms with E-state index in [1.54, 1.807) is 6.20 Å². The predicted molar refractivity (Wildman–Crippen MR) is 133 cm³/mol. The number of hydrogen-bond acceptors (Lipinski definition) is 6. The van der Waals surface area contributed by atoms with Crippen molar-refractivity contribution < 1.29 is 4.79 Å². The van der Waals surface area contributed by atoms with Crippen LogP contribution in [0.5, 0.6) is 0 Å². The number of pyridine rings is 1. The molecule has 32 heavy (non-hydrogen) atoms. The average Bonchev–Trinajstić information content (AvgIpc) is 3.29. The third-order valence-corrected chi connectivity index (χ3v) is 8.31. The second-order valence-electron chi connectivity index (χ2n) is 9.19. The minimum absolute atomic E-state index is 0.182. The molecule has 0 saturated carbocycles. The number of aromatic nitrogens is 1. The van der Waals surface area contributed by atoms with E-state index in [9.17, 15) is 4.79 Å². The van der Waals surface area contributed by atoms with Crippen molar-refractivity contribution in [1.29, 1.82) is 0 Å². The lowest BCUT2D eigenvalue weighted by Crippen LogP contribution is -2.41. The molecule has 3 aliphatic rings. The normalized spacial score (nSPS) is 22.2. The van der Waals surface area contributed by atoms with E-state index in [1.165, 1.54) is 24.8 Å². The molecule has 5 rings (SSSR count). The molecular formula is C25H31N5OS. The van der Waals surface area contributed by atoms with Crippen LogP contribution in [0.4, 0.5) is 17.2 Å². The Morgan fingerprint density at radius 3 is 2.78 bits per heavy atom. The summed E-state index contributed by atoms with van der Waals surface area (Å²) in [6.45, 7) is 4.34. The van der Waals surface area contributed by atoms with Crippen LogP contribution < -0.4 is 21.3 Å². The molecule has 1 unspecified atom stereocenters. The molecule has 2 saturated heterocycles. The zero-order chi connectivity index (χ0) is 22.0. The van der Waals surface area contributed by atoms with E-state index in [1.807, 2.05) is 36.0 Å². The lowest BCUT2D eigenvalue weighted by molar-refractivity contribution is 0.102. The van der Waals surface area contributed by atoms with Gasteiger partial charge in [0.15, 0.2) is 0 Å². The average molecular weight is 450 g/mol. The Morgan fingerprint density at radius 2 is 2.09 bits per heavy atom. The van der Waals surface area contributed by atoms with E-state index in [4.69, 9.17) is 5.73 Å². The Bertz CT molecular complexity index is 990. The molecule has 168 valence electrons. The number of carbonyl (C=O) groups is 1. The summed E-state index contributed by atoms with van der Waals surface area (Å²) in [5.74, 6) is 0.768. The number of carbonyl (C=O) groups excluding carboxylic acids is 1. The Balaban J connectivity index is 1.23. The molecule has 1 amide bonds. The largest absolute Gasteiger partial charge is 0.397 e. The Morgan fingerprint density at radius 1 is 1.22 bits per heavy atom. The first-order chi connectivity index (χ1) is 15.6. The number of allylic oxidation sites excluding steroid dienone is 1. The second kappa shape index (κ2) is 9.16. The highest BCUT2D eigenvalue weighted by Gasteiger charge is 2.37. The monoisotopic (exact) mass is 449 g/mol. The van der Waals surface area contributed by atoms with E-state index in [-0.39, 0.29) is 5.91 Å². The lowest BCUT2D eigenvalue weighted by Gasteiger charge is -2.39. The van der Waals surface area contributed by atoms with Gasteiger partial charge >= 0.3 is 0 Å². The fourth-order valence-electron chi connectivity index (χ4n) is 5.00. The predicted octanol–water partition coefficient (Wildman–Crippen LogP) is 4.58. The fraction of sp³-hybridized carbons (Fsp3) is 0.440. The Kier molecular flexibility index (Phi) is 6.11. The van der Waals surface area contributed by atoms with Gasteiger partial charge in [-0.2, -0.15) is 0 Å². The van der Waals surface area contributed by atoms with Crippen molar-refractivity contribution >= 4 is 34.9 Å². The lowest BCUT2D eigenvalue weighted by atomic mass is 9.78. The van der Waals surface area contributed by atoms with Crippen molar-refractivity contribution in [2.24, 2.45) is 5.41 Å². The third-order valence-electron chi connectivity index (χ3n) is 7.12. The van der Waals surface area contributed by atoms with Gasteiger partial charge in [-0.05, 0) is 79.3 Å². The number of anilines is 3. The van der Waals surface area contributed by atoms with Gasteiger partial charge < -0.3 is 21.3 Å². The van der Waals surface area contributed by atoms with Crippen molar-refractivity contribution in [2.45, 2.75) is 37.4 Å². The minimum Gasteiger partial charge on any atom is -0.397 e. The summed E-state index contributed by atoms with van der Waals surface area (Å²) in [6, 6.07) is 9.77. The van der Waals surface area contributed by atoms with Crippen LogP contribution in [0.2, 0.25) is 0 Å². The molecular weight excluding hydrogens is 418 g/mol. The van der Waals surface area contributed by atoms with Crippen molar-refractivity contribution in [3.63, 3.8) is 0 Å². The van der Waals surface area contributed by atoms with E-state index >= 15 is 0 Å². The first-order valence-electron chi connectivity index (χ1n) is 11.5. The SMILES string of the molecule is Nc1ccc(C2CCC=CS2)cc1NC(=O)c1ccc(N2CCC3(CCNC3)CC2)nc1. The van der Waals surface area contributed by atoms with Crippen LogP contribution in [0, 0.1) is 5.41 Å². The van der Waals surface area contributed by atoms with Crippen LogP contribution >= 0.6 is 11.8 Å². The molecule has 4 N–H and O–H groups in total. The summed E-state index contributed by atoms with van der Waals surface area (Å²) in [6.07, 6.45) is 9.74. The molecule has 0 radical (unpaired) electrons. The number of rotatable bonds is 4. The Hall–Kier alpha value is -2.51. The van der Waals surface area contributed by atoms with E-state index in [0.29, 0.717) is 27.6 Å². The number of nitrogens with zero attached hydrogens (tertiary/aromatic N) is 2. The highest BCUT2D eigenvalue weighted by Crippen LogP contribution is 2.39. The second-order valence-corrected chi connectivity index (χ2v) is 10.3. The summed E-state index contributed by atoms with van der Waals surface area (Å²) in [5, 5.41) is 9.06. The summed E-state index contributed by atoms with van der Waals surface area (Å²) in [4.78, 5) is 19.8. The molecule has 6 nitrogen and oxygen atoms in total. The zero-order valence-electron chi connectivity index (χ0n) is 18.3. The molecule has 7 heteroatoms. The number of benzene rings is 1. The van der Waals surface area contributed by atoms with Crippen molar-refractivity contribution in [1.82, 2.24) is 10.3 Å². The van der Waals surface area contributed by atoms with Gasteiger partial charge in [0.25, 0.3) is 5.91 Å². The molecule has 1 spiro atoms. The number of nitrogens with two attached hydrogens (primary N) is 1.